The Morgan fingerprint density at radius 2 is 1.75 bits per heavy atom. The van der Waals surface area contributed by atoms with Gasteiger partial charge in [-0.05, 0) is 12.8 Å². The number of aromatic nitrogens is 3. The van der Waals surface area contributed by atoms with Crippen LogP contribution in [0.5, 0.6) is 0 Å². The summed E-state index contributed by atoms with van der Waals surface area (Å²) in [4.78, 5) is 50.0. The summed E-state index contributed by atoms with van der Waals surface area (Å²) in [5, 5.41) is 0. The first-order chi connectivity index (χ1) is 7.65. The molecule has 0 amide bonds. The zero-order valence-electron chi connectivity index (χ0n) is 8.36. The second-order valence-corrected chi connectivity index (χ2v) is 3.02. The highest BCUT2D eigenvalue weighted by molar-refractivity contribution is 5.32. The highest BCUT2D eigenvalue weighted by Gasteiger charge is 2.01. The summed E-state index contributed by atoms with van der Waals surface area (Å²) in [5.74, 6) is 0. The number of hydrogen-bond donors (Lipinski definition) is 2. The van der Waals surface area contributed by atoms with Crippen molar-refractivity contribution in [2.75, 3.05) is 6.54 Å². The van der Waals surface area contributed by atoms with E-state index in [-0.39, 0.29) is 6.54 Å². The van der Waals surface area contributed by atoms with Gasteiger partial charge in [0.15, 0.2) is 0 Å². The van der Waals surface area contributed by atoms with Gasteiger partial charge >= 0.3 is 17.1 Å². The second kappa shape index (κ2) is 5.62. The third-order valence-corrected chi connectivity index (χ3v) is 1.90. The molecule has 0 aliphatic carbocycles. The molecular weight excluding hydrogens is 216 g/mol. The van der Waals surface area contributed by atoms with Crippen LogP contribution in [-0.2, 0) is 11.3 Å². The van der Waals surface area contributed by atoms with Gasteiger partial charge in [0.25, 0.3) is 0 Å². The van der Waals surface area contributed by atoms with Crippen LogP contribution in [0, 0.1) is 0 Å². The number of H-pyrrole nitrogens is 2. The van der Waals surface area contributed by atoms with Gasteiger partial charge in [0.05, 0.1) is 6.54 Å². The van der Waals surface area contributed by atoms with Crippen LogP contribution in [0.25, 0.3) is 0 Å². The maximum absolute atomic E-state index is 11.2. The van der Waals surface area contributed by atoms with Crippen molar-refractivity contribution in [2.45, 2.75) is 19.4 Å². The van der Waals surface area contributed by atoms with E-state index in [1.807, 2.05) is 9.97 Å². The molecule has 0 aliphatic rings. The smallest absolute Gasteiger partial charge is 0.259 e. The van der Waals surface area contributed by atoms with Crippen molar-refractivity contribution < 1.29 is 4.79 Å². The number of unbranched alkanes of at least 4 members (excludes halogenated alkanes) is 1. The Morgan fingerprint density at radius 1 is 1.12 bits per heavy atom. The highest BCUT2D eigenvalue weighted by Crippen LogP contribution is 1.89. The monoisotopic (exact) mass is 226 g/mol. The van der Waals surface area contributed by atoms with Gasteiger partial charge in [-0.2, -0.15) is 0 Å². The molecule has 1 heterocycles. The summed E-state index contributed by atoms with van der Waals surface area (Å²) in [6.07, 6.45) is 2.44. The van der Waals surface area contributed by atoms with Gasteiger partial charge in [-0.15, -0.1) is 0 Å². The Hall–Kier alpha value is -2.21. The van der Waals surface area contributed by atoms with Crippen LogP contribution in [-0.4, -0.2) is 27.2 Å². The average molecular weight is 226 g/mol. The second-order valence-electron chi connectivity index (χ2n) is 3.02. The summed E-state index contributed by atoms with van der Waals surface area (Å²) >= 11 is 0. The lowest BCUT2D eigenvalue weighted by atomic mass is 10.3. The van der Waals surface area contributed by atoms with E-state index in [2.05, 4.69) is 4.99 Å². The lowest BCUT2D eigenvalue weighted by Gasteiger charge is -2.00. The molecule has 2 N–H and O–H groups in total. The molecule has 0 atom stereocenters. The Bertz CT molecular complexity index is 526. The van der Waals surface area contributed by atoms with Gasteiger partial charge in [-0.25, -0.2) is 28.7 Å². The molecule has 0 fully saturated rings. The predicted octanol–water partition coefficient (Wildman–Crippen LogP) is -1.66. The molecule has 8 heteroatoms. The van der Waals surface area contributed by atoms with E-state index in [1.54, 1.807) is 0 Å². The Labute approximate surface area is 88.7 Å². The van der Waals surface area contributed by atoms with Gasteiger partial charge in [0.1, 0.15) is 0 Å². The van der Waals surface area contributed by atoms with Gasteiger partial charge in [-0.1, -0.05) is 0 Å². The fourth-order valence-electron chi connectivity index (χ4n) is 1.16. The third-order valence-electron chi connectivity index (χ3n) is 1.90. The lowest BCUT2D eigenvalue weighted by molar-refractivity contribution is 0.545. The zero-order valence-corrected chi connectivity index (χ0v) is 8.36. The molecule has 0 saturated carbocycles. The summed E-state index contributed by atoms with van der Waals surface area (Å²) in [5.41, 5.74) is -2.31. The van der Waals surface area contributed by atoms with Crippen molar-refractivity contribution in [1.29, 1.82) is 0 Å². The number of carbonyl (C=O) groups excluding carboxylic acids is 1. The van der Waals surface area contributed by atoms with Crippen molar-refractivity contribution in [2.24, 2.45) is 4.99 Å². The largest absolute Gasteiger partial charge is 0.333 e. The van der Waals surface area contributed by atoms with Crippen LogP contribution in [0.1, 0.15) is 12.8 Å². The van der Waals surface area contributed by atoms with Crippen LogP contribution in [0.15, 0.2) is 19.4 Å². The van der Waals surface area contributed by atoms with Crippen LogP contribution in [0.3, 0.4) is 0 Å². The Kier molecular flexibility index (Phi) is 4.16. The Balaban J connectivity index is 2.68. The standard InChI is InChI=1S/C8H10N4O4/c13-5-9-3-1-2-4-12-7(15)10-6(14)11-8(12)16/h1-4H2,(H2,10,11,14,15,16). The summed E-state index contributed by atoms with van der Waals surface area (Å²) in [6, 6.07) is 0. The minimum Gasteiger partial charge on any atom is -0.259 e. The Morgan fingerprint density at radius 3 is 2.31 bits per heavy atom. The van der Waals surface area contributed by atoms with Crippen LogP contribution < -0.4 is 17.1 Å². The van der Waals surface area contributed by atoms with Gasteiger partial charge < -0.3 is 0 Å². The summed E-state index contributed by atoms with van der Waals surface area (Å²) in [7, 11) is 0. The van der Waals surface area contributed by atoms with Crippen molar-refractivity contribution in [3.05, 3.63) is 31.5 Å². The van der Waals surface area contributed by atoms with E-state index < -0.39 is 17.1 Å². The van der Waals surface area contributed by atoms with E-state index in [9.17, 15) is 19.2 Å². The number of rotatable bonds is 5. The van der Waals surface area contributed by atoms with E-state index in [0.717, 1.165) is 4.57 Å². The highest BCUT2D eigenvalue weighted by atomic mass is 16.2. The molecule has 1 aromatic heterocycles. The first-order valence-corrected chi connectivity index (χ1v) is 4.62. The van der Waals surface area contributed by atoms with E-state index in [0.29, 0.717) is 19.4 Å². The molecule has 86 valence electrons. The predicted molar refractivity (Wildman–Crippen MR) is 54.2 cm³/mol. The van der Waals surface area contributed by atoms with E-state index >= 15 is 0 Å². The van der Waals surface area contributed by atoms with Gasteiger partial charge in [0.2, 0.25) is 6.08 Å². The molecule has 0 spiro atoms. The first kappa shape index (κ1) is 11.9. The average Bonchev–Trinajstić information content (AvgIpc) is 2.20. The van der Waals surface area contributed by atoms with Crippen LogP contribution in [0.4, 0.5) is 0 Å². The molecule has 0 unspecified atom stereocenters. The van der Waals surface area contributed by atoms with Crippen molar-refractivity contribution in [1.82, 2.24) is 14.5 Å². The molecule has 1 aromatic rings. The molecule has 1 rings (SSSR count). The first-order valence-electron chi connectivity index (χ1n) is 4.62. The SMILES string of the molecule is O=C=NCCCCn1c(=O)[nH]c(=O)[nH]c1=O. The van der Waals surface area contributed by atoms with Crippen LogP contribution in [0.2, 0.25) is 0 Å². The molecule has 0 aromatic carbocycles. The van der Waals surface area contributed by atoms with E-state index in [4.69, 9.17) is 0 Å². The quantitative estimate of drug-likeness (QED) is 0.355. The maximum atomic E-state index is 11.2. The number of isocyanates is 1. The van der Waals surface area contributed by atoms with Crippen molar-refractivity contribution in [3.63, 3.8) is 0 Å². The molecular formula is C8H10N4O4. The summed E-state index contributed by atoms with van der Waals surface area (Å²) < 4.78 is 0.881. The fourth-order valence-corrected chi connectivity index (χ4v) is 1.16. The molecule has 0 radical (unpaired) electrons. The van der Waals surface area contributed by atoms with Crippen molar-refractivity contribution in [3.8, 4) is 0 Å². The number of aliphatic imine (C=N–C) groups is 1. The number of hydrogen-bond acceptors (Lipinski definition) is 5. The zero-order chi connectivity index (χ0) is 12.0. The van der Waals surface area contributed by atoms with E-state index in [1.165, 1.54) is 6.08 Å². The number of nitrogens with one attached hydrogen (secondary N) is 2. The topological polar surface area (TPSA) is 117 Å². The minimum atomic E-state index is -0.822. The number of nitrogens with zero attached hydrogens (tertiary/aromatic N) is 2. The minimum absolute atomic E-state index is 0.166. The number of aromatic amines is 2. The van der Waals surface area contributed by atoms with Gasteiger partial charge in [-0.3, -0.25) is 9.97 Å². The third kappa shape index (κ3) is 3.18. The maximum Gasteiger partial charge on any atom is 0.333 e. The van der Waals surface area contributed by atoms with Gasteiger partial charge in [0, 0.05) is 6.54 Å². The molecule has 0 bridgehead atoms. The van der Waals surface area contributed by atoms with Crippen LogP contribution >= 0.6 is 0 Å². The molecule has 16 heavy (non-hydrogen) atoms. The lowest BCUT2D eigenvalue weighted by Crippen LogP contribution is -2.43. The molecule has 0 aliphatic heterocycles. The van der Waals surface area contributed by atoms with Crippen molar-refractivity contribution >= 4 is 6.08 Å². The molecule has 8 nitrogen and oxygen atoms in total. The fraction of sp³-hybridized carbons (Fsp3) is 0.500. The normalized spacial score (nSPS) is 9.75. The molecule has 0 saturated heterocycles. The summed E-state index contributed by atoms with van der Waals surface area (Å²) in [6.45, 7) is 0.471.